The molecule has 0 aromatic carbocycles. The maximum Gasteiger partial charge on any atom is 0.233 e. The third-order valence-electron chi connectivity index (χ3n) is 2.40. The number of amides is 1. The SMILES string of the molecule is CC(C)[C@@H]1NC(=O)CC[C@H]1[N+](=O)[O-]. The predicted octanol–water partition coefficient (Wildman–Crippen LogP) is 0.566. The van der Waals surface area contributed by atoms with E-state index in [4.69, 9.17) is 0 Å². The molecule has 0 aromatic rings. The van der Waals surface area contributed by atoms with Gasteiger partial charge in [0.05, 0.1) is 6.04 Å². The number of nitrogens with zero attached hydrogens (tertiary/aromatic N) is 1. The fraction of sp³-hybridized carbons (Fsp3) is 0.875. The van der Waals surface area contributed by atoms with E-state index in [1.54, 1.807) is 0 Å². The van der Waals surface area contributed by atoms with Crippen molar-refractivity contribution in [2.45, 2.75) is 38.8 Å². The highest BCUT2D eigenvalue weighted by molar-refractivity contribution is 5.77. The second-order valence-corrected chi connectivity index (χ2v) is 3.73. The Balaban J connectivity index is 2.71. The Morgan fingerprint density at radius 2 is 2.23 bits per heavy atom. The number of carbonyl (C=O) groups excluding carboxylic acids is 1. The van der Waals surface area contributed by atoms with Crippen molar-refractivity contribution < 1.29 is 9.72 Å². The summed E-state index contributed by atoms with van der Waals surface area (Å²) in [7, 11) is 0. The summed E-state index contributed by atoms with van der Waals surface area (Å²) in [4.78, 5) is 21.4. The van der Waals surface area contributed by atoms with Crippen LogP contribution < -0.4 is 5.32 Å². The van der Waals surface area contributed by atoms with Crippen LogP contribution in [0.5, 0.6) is 0 Å². The molecule has 74 valence electrons. The Labute approximate surface area is 76.7 Å². The van der Waals surface area contributed by atoms with Gasteiger partial charge in [0.15, 0.2) is 0 Å². The van der Waals surface area contributed by atoms with Crippen molar-refractivity contribution in [1.82, 2.24) is 5.32 Å². The van der Waals surface area contributed by atoms with E-state index in [0.29, 0.717) is 6.42 Å². The molecule has 0 spiro atoms. The minimum atomic E-state index is -0.613. The first-order valence-electron chi connectivity index (χ1n) is 4.45. The highest BCUT2D eigenvalue weighted by atomic mass is 16.6. The maximum atomic E-state index is 11.0. The molecule has 1 aliphatic heterocycles. The Bertz CT molecular complexity index is 227. The van der Waals surface area contributed by atoms with E-state index in [1.807, 2.05) is 13.8 Å². The second kappa shape index (κ2) is 3.72. The van der Waals surface area contributed by atoms with E-state index in [9.17, 15) is 14.9 Å². The molecule has 1 aliphatic rings. The summed E-state index contributed by atoms with van der Waals surface area (Å²) in [5.74, 6) is 0.0384. The molecule has 0 aliphatic carbocycles. The highest BCUT2D eigenvalue weighted by Crippen LogP contribution is 2.18. The molecule has 1 amide bonds. The fourth-order valence-electron chi connectivity index (χ4n) is 1.66. The largest absolute Gasteiger partial charge is 0.346 e. The van der Waals surface area contributed by atoms with Crippen LogP contribution in [-0.4, -0.2) is 22.9 Å². The monoisotopic (exact) mass is 186 g/mol. The fourth-order valence-corrected chi connectivity index (χ4v) is 1.66. The van der Waals surface area contributed by atoms with Gasteiger partial charge in [-0.3, -0.25) is 14.9 Å². The molecule has 0 aromatic heterocycles. The van der Waals surface area contributed by atoms with Crippen molar-refractivity contribution in [2.75, 3.05) is 0 Å². The average Bonchev–Trinajstić information content (AvgIpc) is 2.03. The van der Waals surface area contributed by atoms with Gasteiger partial charge < -0.3 is 5.32 Å². The number of hydrogen-bond acceptors (Lipinski definition) is 3. The van der Waals surface area contributed by atoms with E-state index in [2.05, 4.69) is 5.32 Å². The molecule has 0 unspecified atom stereocenters. The predicted molar refractivity (Wildman–Crippen MR) is 46.8 cm³/mol. The lowest BCUT2D eigenvalue weighted by Crippen LogP contribution is -2.53. The Morgan fingerprint density at radius 3 is 2.69 bits per heavy atom. The third-order valence-corrected chi connectivity index (χ3v) is 2.40. The van der Waals surface area contributed by atoms with Gasteiger partial charge in [0, 0.05) is 17.8 Å². The Morgan fingerprint density at radius 1 is 1.62 bits per heavy atom. The maximum absolute atomic E-state index is 11.0. The van der Waals surface area contributed by atoms with Crippen LogP contribution in [0.3, 0.4) is 0 Å². The first-order chi connectivity index (χ1) is 6.02. The summed E-state index contributed by atoms with van der Waals surface area (Å²) >= 11 is 0. The molecular formula is C8H14N2O3. The van der Waals surface area contributed by atoms with Crippen molar-refractivity contribution in [2.24, 2.45) is 5.92 Å². The van der Waals surface area contributed by atoms with Gasteiger partial charge in [0.1, 0.15) is 0 Å². The lowest BCUT2D eigenvalue weighted by molar-refractivity contribution is -0.530. The lowest BCUT2D eigenvalue weighted by Gasteiger charge is -2.29. The number of hydrogen-bond donors (Lipinski definition) is 1. The van der Waals surface area contributed by atoms with Gasteiger partial charge in [-0.15, -0.1) is 0 Å². The molecule has 13 heavy (non-hydrogen) atoms. The van der Waals surface area contributed by atoms with Gasteiger partial charge >= 0.3 is 0 Å². The first-order valence-corrected chi connectivity index (χ1v) is 4.45. The van der Waals surface area contributed by atoms with Crippen LogP contribution in [-0.2, 0) is 4.79 Å². The Kier molecular flexibility index (Phi) is 2.85. The highest BCUT2D eigenvalue weighted by Gasteiger charge is 2.38. The topological polar surface area (TPSA) is 72.2 Å². The molecular weight excluding hydrogens is 172 g/mol. The third kappa shape index (κ3) is 2.17. The summed E-state index contributed by atoms with van der Waals surface area (Å²) in [5, 5.41) is 13.3. The van der Waals surface area contributed by atoms with Crippen LogP contribution in [0.4, 0.5) is 0 Å². The van der Waals surface area contributed by atoms with E-state index in [1.165, 1.54) is 0 Å². The normalized spacial score (nSPS) is 28.7. The molecule has 5 heteroatoms. The van der Waals surface area contributed by atoms with Crippen molar-refractivity contribution in [3.8, 4) is 0 Å². The van der Waals surface area contributed by atoms with Crippen LogP contribution >= 0.6 is 0 Å². The van der Waals surface area contributed by atoms with Crippen LogP contribution in [0.1, 0.15) is 26.7 Å². The van der Waals surface area contributed by atoms with Crippen molar-refractivity contribution in [3.63, 3.8) is 0 Å². The van der Waals surface area contributed by atoms with E-state index >= 15 is 0 Å². The summed E-state index contributed by atoms with van der Waals surface area (Å²) < 4.78 is 0. The number of piperidine rings is 1. The molecule has 1 heterocycles. The zero-order chi connectivity index (χ0) is 10.0. The summed E-state index contributed by atoms with van der Waals surface area (Å²) in [6.07, 6.45) is 0.635. The van der Waals surface area contributed by atoms with Gasteiger partial charge in [0.2, 0.25) is 11.9 Å². The minimum Gasteiger partial charge on any atom is -0.346 e. The van der Waals surface area contributed by atoms with Gasteiger partial charge in [-0.05, 0) is 5.92 Å². The minimum absolute atomic E-state index is 0.0724. The summed E-state index contributed by atoms with van der Waals surface area (Å²) in [5.41, 5.74) is 0. The molecule has 1 fully saturated rings. The zero-order valence-corrected chi connectivity index (χ0v) is 7.82. The van der Waals surface area contributed by atoms with E-state index < -0.39 is 6.04 Å². The summed E-state index contributed by atoms with van der Waals surface area (Å²) in [6, 6.07) is -0.922. The van der Waals surface area contributed by atoms with Crippen molar-refractivity contribution in [1.29, 1.82) is 0 Å². The lowest BCUT2D eigenvalue weighted by atomic mass is 9.90. The van der Waals surface area contributed by atoms with E-state index in [-0.39, 0.29) is 29.2 Å². The van der Waals surface area contributed by atoms with Gasteiger partial charge in [-0.1, -0.05) is 13.8 Å². The molecule has 5 nitrogen and oxygen atoms in total. The zero-order valence-electron chi connectivity index (χ0n) is 7.82. The van der Waals surface area contributed by atoms with Gasteiger partial charge in [-0.25, -0.2) is 0 Å². The molecule has 1 saturated heterocycles. The molecule has 1 rings (SSSR count). The van der Waals surface area contributed by atoms with E-state index in [0.717, 1.165) is 0 Å². The van der Waals surface area contributed by atoms with Crippen molar-refractivity contribution >= 4 is 5.91 Å². The quantitative estimate of drug-likeness (QED) is 0.506. The summed E-state index contributed by atoms with van der Waals surface area (Å²) in [6.45, 7) is 3.76. The Hall–Kier alpha value is -1.13. The van der Waals surface area contributed by atoms with Crippen LogP contribution in [0.2, 0.25) is 0 Å². The van der Waals surface area contributed by atoms with Crippen molar-refractivity contribution in [3.05, 3.63) is 10.1 Å². The average molecular weight is 186 g/mol. The first kappa shape index (κ1) is 9.95. The van der Waals surface area contributed by atoms with Crippen LogP contribution in [0, 0.1) is 16.0 Å². The van der Waals surface area contributed by atoms with Crippen LogP contribution in [0.25, 0.3) is 0 Å². The van der Waals surface area contributed by atoms with Gasteiger partial charge in [0.25, 0.3) is 0 Å². The molecule has 0 radical (unpaired) electrons. The molecule has 1 N–H and O–H groups in total. The molecule has 0 bridgehead atoms. The number of carbonyl (C=O) groups is 1. The van der Waals surface area contributed by atoms with Gasteiger partial charge in [-0.2, -0.15) is 0 Å². The molecule has 0 saturated carbocycles. The smallest absolute Gasteiger partial charge is 0.233 e. The number of nitrogens with one attached hydrogen (secondary N) is 1. The second-order valence-electron chi connectivity index (χ2n) is 3.73. The van der Waals surface area contributed by atoms with Crippen LogP contribution in [0.15, 0.2) is 0 Å². The number of rotatable bonds is 2. The standard InChI is InChI=1S/C8H14N2O3/c1-5(2)8-6(10(12)13)3-4-7(11)9-8/h5-6,8H,3-4H2,1-2H3,(H,9,11)/t6-,8+/m1/s1. The number of nitro groups is 1. The molecule has 2 atom stereocenters.